The van der Waals surface area contributed by atoms with Crippen LogP contribution in [-0.2, 0) is 24.7 Å². The highest BCUT2D eigenvalue weighted by molar-refractivity contribution is 5.42. The zero-order valence-corrected chi connectivity index (χ0v) is 16.5. The van der Waals surface area contributed by atoms with E-state index in [1.54, 1.807) is 16.7 Å². The van der Waals surface area contributed by atoms with E-state index >= 15 is 0 Å². The molecule has 0 saturated carbocycles. The summed E-state index contributed by atoms with van der Waals surface area (Å²) in [5, 5.41) is 0. The Balaban J connectivity index is 0.000000146. The number of ether oxygens (including phenoxy) is 1. The molecule has 4 rings (SSSR count). The minimum Gasteiger partial charge on any atom is -0.493 e. The number of benzene rings is 2. The van der Waals surface area contributed by atoms with E-state index in [-0.39, 0.29) is 0 Å². The third kappa shape index (κ3) is 4.08. The molecule has 0 N–H and O–H groups in total. The molecular formula is C24H32O. The molecule has 0 saturated heterocycles. The maximum absolute atomic E-state index is 5.43. The summed E-state index contributed by atoms with van der Waals surface area (Å²) in [6, 6.07) is 13.3. The van der Waals surface area contributed by atoms with Crippen molar-refractivity contribution in [3.05, 3.63) is 64.2 Å². The van der Waals surface area contributed by atoms with Gasteiger partial charge in [0.15, 0.2) is 0 Å². The van der Waals surface area contributed by atoms with Gasteiger partial charge in [-0.1, -0.05) is 65.0 Å². The van der Waals surface area contributed by atoms with Gasteiger partial charge in [-0.2, -0.15) is 0 Å². The van der Waals surface area contributed by atoms with E-state index in [0.717, 1.165) is 18.8 Å². The lowest BCUT2D eigenvalue weighted by molar-refractivity contribution is 0.357. The van der Waals surface area contributed by atoms with Gasteiger partial charge in [-0.25, -0.2) is 0 Å². The van der Waals surface area contributed by atoms with Crippen molar-refractivity contribution in [1.82, 2.24) is 0 Å². The Kier molecular flexibility index (Phi) is 5.22. The second-order valence-electron chi connectivity index (χ2n) is 8.67. The van der Waals surface area contributed by atoms with Crippen LogP contribution in [0.2, 0.25) is 0 Å². The second-order valence-corrected chi connectivity index (χ2v) is 8.67. The van der Waals surface area contributed by atoms with Gasteiger partial charge in [0.05, 0.1) is 6.61 Å². The third-order valence-corrected chi connectivity index (χ3v) is 5.33. The van der Waals surface area contributed by atoms with Crippen molar-refractivity contribution in [2.75, 3.05) is 6.61 Å². The number of hydrogen-bond donors (Lipinski definition) is 0. The summed E-state index contributed by atoms with van der Waals surface area (Å²) >= 11 is 0. The highest BCUT2D eigenvalue weighted by Gasteiger charge is 2.22. The Morgan fingerprint density at radius 1 is 0.920 bits per heavy atom. The van der Waals surface area contributed by atoms with E-state index in [2.05, 4.69) is 71.0 Å². The number of rotatable bonds is 1. The summed E-state index contributed by atoms with van der Waals surface area (Å²) in [5.41, 5.74) is 7.89. The summed E-state index contributed by atoms with van der Waals surface area (Å²) in [6.07, 6.45) is 5.01. The highest BCUT2D eigenvalue weighted by atomic mass is 16.5. The fourth-order valence-electron chi connectivity index (χ4n) is 3.89. The molecule has 1 aliphatic carbocycles. The van der Waals surface area contributed by atoms with Crippen LogP contribution in [0.5, 0.6) is 5.75 Å². The molecule has 1 heteroatoms. The van der Waals surface area contributed by atoms with Gasteiger partial charge in [0.25, 0.3) is 0 Å². The van der Waals surface area contributed by atoms with E-state index < -0.39 is 0 Å². The van der Waals surface area contributed by atoms with Gasteiger partial charge in [0.1, 0.15) is 5.75 Å². The van der Waals surface area contributed by atoms with Gasteiger partial charge in [0.2, 0.25) is 0 Å². The monoisotopic (exact) mass is 336 g/mol. The van der Waals surface area contributed by atoms with Crippen LogP contribution in [0.15, 0.2) is 36.4 Å². The minimum atomic E-state index is 0.315. The van der Waals surface area contributed by atoms with Gasteiger partial charge in [0, 0.05) is 6.42 Å². The van der Waals surface area contributed by atoms with Crippen LogP contribution >= 0.6 is 0 Å². The predicted octanol–water partition coefficient (Wildman–Crippen LogP) is 6.22. The summed E-state index contributed by atoms with van der Waals surface area (Å²) in [4.78, 5) is 0. The van der Waals surface area contributed by atoms with E-state index in [1.165, 1.54) is 30.4 Å². The molecule has 0 atom stereocenters. The van der Waals surface area contributed by atoms with E-state index in [9.17, 15) is 0 Å². The van der Waals surface area contributed by atoms with E-state index in [1.807, 2.05) is 0 Å². The van der Waals surface area contributed by atoms with Crippen LogP contribution < -0.4 is 4.74 Å². The van der Waals surface area contributed by atoms with Crippen molar-refractivity contribution in [3.63, 3.8) is 0 Å². The molecule has 2 aromatic carbocycles. The first-order chi connectivity index (χ1) is 11.9. The lowest BCUT2D eigenvalue weighted by Gasteiger charge is -2.22. The quantitative estimate of drug-likeness (QED) is 0.601. The Morgan fingerprint density at radius 2 is 1.72 bits per heavy atom. The topological polar surface area (TPSA) is 9.23 Å². The molecule has 134 valence electrons. The third-order valence-electron chi connectivity index (χ3n) is 5.33. The largest absolute Gasteiger partial charge is 0.493 e. The Morgan fingerprint density at radius 3 is 2.44 bits per heavy atom. The normalized spacial score (nSPS) is 15.3. The zero-order valence-electron chi connectivity index (χ0n) is 16.5. The SMILES string of the molecule is CC(C)(C)c1cccc2c1CCC2.CC(C)c1ccc2c(c1)CCO2. The van der Waals surface area contributed by atoms with Crippen LogP contribution in [0.4, 0.5) is 0 Å². The minimum absolute atomic E-state index is 0.315. The van der Waals surface area contributed by atoms with Crippen LogP contribution in [0, 0.1) is 0 Å². The van der Waals surface area contributed by atoms with Gasteiger partial charge in [-0.3, -0.25) is 0 Å². The molecular weight excluding hydrogens is 304 g/mol. The van der Waals surface area contributed by atoms with E-state index in [4.69, 9.17) is 4.74 Å². The lowest BCUT2D eigenvalue weighted by Crippen LogP contribution is -2.13. The van der Waals surface area contributed by atoms with Gasteiger partial charge in [-0.15, -0.1) is 0 Å². The van der Waals surface area contributed by atoms with Crippen molar-refractivity contribution >= 4 is 0 Å². The molecule has 0 unspecified atom stereocenters. The van der Waals surface area contributed by atoms with Gasteiger partial charge in [-0.05, 0) is 64.5 Å². The molecule has 1 nitrogen and oxygen atoms in total. The zero-order chi connectivity index (χ0) is 18.0. The first-order valence-corrected chi connectivity index (χ1v) is 9.73. The van der Waals surface area contributed by atoms with Crippen molar-refractivity contribution in [3.8, 4) is 5.75 Å². The van der Waals surface area contributed by atoms with Gasteiger partial charge >= 0.3 is 0 Å². The van der Waals surface area contributed by atoms with E-state index in [0.29, 0.717) is 11.3 Å². The van der Waals surface area contributed by atoms with Crippen molar-refractivity contribution < 1.29 is 4.74 Å². The lowest BCUT2D eigenvalue weighted by atomic mass is 9.83. The average molecular weight is 337 g/mol. The highest BCUT2D eigenvalue weighted by Crippen LogP contribution is 2.33. The number of aryl methyl sites for hydroxylation is 1. The molecule has 0 bridgehead atoms. The fourth-order valence-corrected chi connectivity index (χ4v) is 3.89. The molecule has 0 spiro atoms. The maximum Gasteiger partial charge on any atom is 0.122 e. The molecule has 1 aliphatic heterocycles. The van der Waals surface area contributed by atoms with Crippen molar-refractivity contribution in [1.29, 1.82) is 0 Å². The molecule has 0 aromatic heterocycles. The van der Waals surface area contributed by atoms with Crippen LogP contribution in [0.1, 0.15) is 74.8 Å². The smallest absolute Gasteiger partial charge is 0.122 e. The molecule has 0 amide bonds. The predicted molar refractivity (Wildman–Crippen MR) is 107 cm³/mol. The Labute approximate surface area is 153 Å². The summed E-state index contributed by atoms with van der Waals surface area (Å²) in [6.45, 7) is 12.2. The molecule has 0 radical (unpaired) electrons. The average Bonchev–Trinajstić information content (AvgIpc) is 3.22. The Hall–Kier alpha value is -1.76. The fraction of sp³-hybridized carbons (Fsp3) is 0.500. The molecule has 25 heavy (non-hydrogen) atoms. The second kappa shape index (κ2) is 7.23. The number of hydrogen-bond acceptors (Lipinski definition) is 1. The van der Waals surface area contributed by atoms with Crippen molar-refractivity contribution in [2.24, 2.45) is 0 Å². The Bertz CT molecular complexity index is 734. The molecule has 1 heterocycles. The summed E-state index contributed by atoms with van der Waals surface area (Å²) in [7, 11) is 0. The van der Waals surface area contributed by atoms with Crippen LogP contribution in [0.25, 0.3) is 0 Å². The van der Waals surface area contributed by atoms with Crippen molar-refractivity contribution in [2.45, 2.75) is 71.6 Å². The first kappa shape index (κ1) is 18.0. The van der Waals surface area contributed by atoms with Gasteiger partial charge < -0.3 is 4.74 Å². The molecule has 2 aliphatic rings. The standard InChI is InChI=1S/C13H18.C11H14O/c1-13(2,3)12-9-5-7-10-6-4-8-11(10)12;1-8(2)9-3-4-11-10(7-9)5-6-12-11/h5,7,9H,4,6,8H2,1-3H3;3-4,7-8H,5-6H2,1-2H3. The van der Waals surface area contributed by atoms with Crippen LogP contribution in [-0.4, -0.2) is 6.61 Å². The first-order valence-electron chi connectivity index (χ1n) is 9.73. The van der Waals surface area contributed by atoms with Crippen LogP contribution in [0.3, 0.4) is 0 Å². The molecule has 2 aromatic rings. The maximum atomic E-state index is 5.43. The molecule has 0 fully saturated rings. The summed E-state index contributed by atoms with van der Waals surface area (Å²) < 4.78 is 5.43. The number of fused-ring (bicyclic) bond motifs is 2. The summed E-state index contributed by atoms with van der Waals surface area (Å²) in [5.74, 6) is 1.70.